The maximum Gasteiger partial charge on any atom is 0.313 e. The fourth-order valence-electron chi connectivity index (χ4n) is 6.82. The number of benzene rings is 2. The standard InChI is InChI=1S/C35H42ClF2N4O5S/c1-21-6-5-8-29(46-2)27-13-10-25(27)20-42-19-24-9-12-26(36)16-22(24)7-3-4-15-47-30-14-11-23(17-28(30)42)32(43)41-48(45)33(21)40-34(44)39-31-18-35(31,37)38/h5,8-9,11-12,14,16-17,21,25,27,29,31,33H,3-4,6-7,10,13,15,18-20H2,1-2H3,(H2,39,40,44)/q-1/b8-5+/t21-,25-,27+,29-,31-,33?/m0/s1. The van der Waals surface area contributed by atoms with E-state index in [1.165, 1.54) is 5.56 Å². The number of urea groups is 1. The molecule has 2 fully saturated rings. The second-order valence-corrected chi connectivity index (χ2v) is 15.0. The van der Waals surface area contributed by atoms with Crippen LogP contribution in [0.2, 0.25) is 5.02 Å². The molecule has 9 nitrogen and oxygen atoms in total. The number of ether oxygens (including phenoxy) is 2. The second kappa shape index (κ2) is 14.7. The Balaban J connectivity index is 1.39. The summed E-state index contributed by atoms with van der Waals surface area (Å²) < 4.78 is 56.9. The number of methoxy groups -OCH3 is 1. The number of amides is 3. The molecule has 0 saturated heterocycles. The van der Waals surface area contributed by atoms with Gasteiger partial charge in [-0.1, -0.05) is 36.7 Å². The minimum absolute atomic E-state index is 0.162. The molecule has 2 heterocycles. The lowest BCUT2D eigenvalue weighted by Gasteiger charge is -2.43. The Labute approximate surface area is 287 Å². The van der Waals surface area contributed by atoms with Crippen molar-refractivity contribution in [2.45, 2.75) is 81.9 Å². The molecule has 6 atom stereocenters. The monoisotopic (exact) mass is 703 g/mol. The summed E-state index contributed by atoms with van der Waals surface area (Å²) in [5.74, 6) is -2.93. The molecule has 260 valence electrons. The van der Waals surface area contributed by atoms with Crippen molar-refractivity contribution in [3.05, 3.63) is 70.3 Å². The fourth-order valence-corrected chi connectivity index (χ4v) is 8.11. The van der Waals surface area contributed by atoms with Crippen LogP contribution in [0.25, 0.3) is 0 Å². The van der Waals surface area contributed by atoms with Crippen LogP contribution in [0.4, 0.5) is 19.3 Å². The number of alkyl halides is 2. The third-order valence-corrected chi connectivity index (χ3v) is 11.5. The first-order valence-corrected chi connectivity index (χ1v) is 18.2. The van der Waals surface area contributed by atoms with Crippen LogP contribution in [0.3, 0.4) is 0 Å². The number of nitrogens with one attached hydrogen (secondary N) is 2. The molecule has 48 heavy (non-hydrogen) atoms. The number of hydrogen-bond acceptors (Lipinski definition) is 7. The van der Waals surface area contributed by atoms with Crippen molar-refractivity contribution >= 4 is 39.8 Å². The number of aryl methyl sites for hydroxylation is 1. The molecule has 6 rings (SSSR count). The molecule has 13 heteroatoms. The zero-order chi connectivity index (χ0) is 34.0. The van der Waals surface area contributed by atoms with Crippen molar-refractivity contribution < 1.29 is 32.1 Å². The van der Waals surface area contributed by atoms with Gasteiger partial charge in [0.25, 0.3) is 11.8 Å². The summed E-state index contributed by atoms with van der Waals surface area (Å²) in [6.45, 7) is 3.55. The molecule has 2 bridgehead atoms. The molecule has 2 aliphatic heterocycles. The normalized spacial score (nSPS) is 29.8. The maximum atomic E-state index is 13.6. The molecule has 2 aliphatic carbocycles. The van der Waals surface area contributed by atoms with E-state index < -0.39 is 52.2 Å². The fraction of sp³-hybridized carbons (Fsp3) is 0.543. The summed E-state index contributed by atoms with van der Waals surface area (Å²) >= 11 is 6.42. The van der Waals surface area contributed by atoms with Gasteiger partial charge in [-0.05, 0) is 103 Å². The van der Waals surface area contributed by atoms with Gasteiger partial charge in [0.2, 0.25) is 0 Å². The van der Waals surface area contributed by atoms with E-state index in [2.05, 4.69) is 26.0 Å². The highest BCUT2D eigenvalue weighted by Gasteiger charge is 2.58. The van der Waals surface area contributed by atoms with E-state index >= 15 is 0 Å². The Hall–Kier alpha value is -3.22. The molecule has 2 N–H and O–H groups in total. The molecule has 0 radical (unpaired) electrons. The van der Waals surface area contributed by atoms with Crippen molar-refractivity contribution in [1.82, 2.24) is 10.6 Å². The Bertz CT molecular complexity index is 1650. The molecule has 3 amide bonds. The van der Waals surface area contributed by atoms with Crippen molar-refractivity contribution in [2.24, 2.45) is 22.1 Å². The van der Waals surface area contributed by atoms with Gasteiger partial charge in [0, 0.05) is 37.2 Å². The van der Waals surface area contributed by atoms with Gasteiger partial charge in [-0.15, -0.1) is 0 Å². The van der Waals surface area contributed by atoms with E-state index in [-0.39, 0.29) is 17.6 Å². The summed E-state index contributed by atoms with van der Waals surface area (Å²) in [5, 5.41) is 4.37. The molecule has 2 saturated carbocycles. The van der Waals surface area contributed by atoms with E-state index in [1.54, 1.807) is 32.2 Å². The average Bonchev–Trinajstić information content (AvgIpc) is 3.65. The number of halogens is 3. The van der Waals surface area contributed by atoms with E-state index in [9.17, 15) is 22.6 Å². The zero-order valence-electron chi connectivity index (χ0n) is 27.1. The molecule has 2 aromatic carbocycles. The predicted molar refractivity (Wildman–Crippen MR) is 181 cm³/mol. The summed E-state index contributed by atoms with van der Waals surface area (Å²) in [4.78, 5) is 28.5. The van der Waals surface area contributed by atoms with Crippen molar-refractivity contribution in [3.63, 3.8) is 0 Å². The zero-order valence-corrected chi connectivity index (χ0v) is 28.7. The van der Waals surface area contributed by atoms with E-state index in [0.717, 1.165) is 43.4 Å². The number of fused-ring (bicyclic) bond motifs is 3. The van der Waals surface area contributed by atoms with E-state index in [0.29, 0.717) is 42.8 Å². The molecule has 0 spiro atoms. The first-order chi connectivity index (χ1) is 23.0. The van der Waals surface area contributed by atoms with Crippen molar-refractivity contribution in [2.75, 3.05) is 25.2 Å². The lowest BCUT2D eigenvalue weighted by Crippen LogP contribution is -2.47. The summed E-state index contributed by atoms with van der Waals surface area (Å²) in [6.07, 6.45) is 8.37. The molecular formula is C35H42ClF2N4O5S-. The van der Waals surface area contributed by atoms with Crippen LogP contribution < -0.4 is 20.3 Å². The average molecular weight is 704 g/mol. The van der Waals surface area contributed by atoms with Gasteiger partial charge in [-0.3, -0.25) is 4.79 Å². The highest BCUT2D eigenvalue weighted by molar-refractivity contribution is 7.75. The third kappa shape index (κ3) is 7.97. The van der Waals surface area contributed by atoms with E-state index in [4.69, 9.17) is 21.1 Å². The largest absolute Gasteiger partial charge is 0.491 e. The Morgan fingerprint density at radius 2 is 1.96 bits per heavy atom. The van der Waals surface area contributed by atoms with Gasteiger partial charge in [-0.2, -0.15) is 10.6 Å². The number of rotatable bonds is 3. The van der Waals surface area contributed by atoms with Crippen molar-refractivity contribution in [3.8, 4) is 5.75 Å². The summed E-state index contributed by atoms with van der Waals surface area (Å²) in [5.41, 5.74) is 3.29. The van der Waals surface area contributed by atoms with Gasteiger partial charge in [0.05, 0.1) is 18.4 Å². The topological polar surface area (TPSA) is 109 Å². The van der Waals surface area contributed by atoms with Gasteiger partial charge in [0.1, 0.15) is 11.8 Å². The van der Waals surface area contributed by atoms with Gasteiger partial charge >= 0.3 is 6.03 Å². The smallest absolute Gasteiger partial charge is 0.313 e. The van der Waals surface area contributed by atoms with Gasteiger partial charge < -0.3 is 33.6 Å². The molecule has 0 aromatic heterocycles. The van der Waals surface area contributed by atoms with Crippen LogP contribution in [0.5, 0.6) is 5.75 Å². The first kappa shape index (κ1) is 34.6. The number of allylic oxidation sites excluding steroid dienone is 1. The highest BCUT2D eigenvalue weighted by Crippen LogP contribution is 2.43. The number of carbonyl (C=O) groups is 2. The van der Waals surface area contributed by atoms with Crippen LogP contribution in [-0.2, 0) is 32.5 Å². The Morgan fingerprint density at radius 1 is 1.15 bits per heavy atom. The Kier molecular flexibility index (Phi) is 10.6. The number of hydrogen-bond donors (Lipinski definition) is 2. The summed E-state index contributed by atoms with van der Waals surface area (Å²) in [7, 11) is -0.529. The third-order valence-electron chi connectivity index (χ3n) is 9.94. The minimum Gasteiger partial charge on any atom is -0.491 e. The molecule has 4 aliphatic rings. The minimum atomic E-state index is -2.96. The van der Waals surface area contributed by atoms with Crippen LogP contribution in [0.15, 0.2) is 52.9 Å². The van der Waals surface area contributed by atoms with E-state index in [1.807, 2.05) is 24.3 Å². The number of carbonyl (C=O) groups excluding carboxylic acids is 2. The highest BCUT2D eigenvalue weighted by atomic mass is 35.5. The predicted octanol–water partition coefficient (Wildman–Crippen LogP) is 7.02. The van der Waals surface area contributed by atoms with Crippen LogP contribution in [0.1, 0.15) is 66.9 Å². The van der Waals surface area contributed by atoms with Crippen LogP contribution >= 0.6 is 11.6 Å². The molecule has 2 aromatic rings. The maximum absolute atomic E-state index is 13.6. The lowest BCUT2D eigenvalue weighted by atomic mass is 9.70. The Morgan fingerprint density at radius 3 is 2.69 bits per heavy atom. The van der Waals surface area contributed by atoms with Gasteiger partial charge in [0.15, 0.2) is 0 Å². The van der Waals surface area contributed by atoms with Gasteiger partial charge in [-0.25, -0.2) is 13.6 Å². The van der Waals surface area contributed by atoms with Crippen LogP contribution in [-0.4, -0.2) is 55.6 Å². The lowest BCUT2D eigenvalue weighted by molar-refractivity contribution is 0.0133. The summed E-state index contributed by atoms with van der Waals surface area (Å²) in [6, 6.07) is 8.96. The first-order valence-electron chi connectivity index (χ1n) is 16.6. The molecular weight excluding hydrogens is 662 g/mol. The number of nitrogens with zero attached hydrogens (tertiary/aromatic N) is 2. The second-order valence-electron chi connectivity index (χ2n) is 13.4. The molecule has 1 unspecified atom stereocenters. The quantitative estimate of drug-likeness (QED) is 0.263. The van der Waals surface area contributed by atoms with Crippen molar-refractivity contribution in [1.29, 1.82) is 0 Å². The SMILES string of the molecule is CO[C@H]1/C=C/C[C@H](C)C(NC(=O)N[C@H]2CC2(F)F)[S-](=O)=NC(=O)c2ccc3c(c2)N(Cc2ccc(Cl)cc2CCCCO3)C[C@@H]2CC[C@H]21. The number of anilines is 1. The van der Waals surface area contributed by atoms with Crippen LogP contribution in [0, 0.1) is 17.8 Å².